The van der Waals surface area contributed by atoms with Gasteiger partial charge in [0.05, 0.1) is 49.8 Å². The average Bonchev–Trinajstić information content (AvgIpc) is 1.79. The van der Waals surface area contributed by atoms with E-state index < -0.39 is 60.9 Å². The van der Waals surface area contributed by atoms with Crippen LogP contribution in [-0.4, -0.2) is 179 Å². The topological polar surface area (TPSA) is 281 Å². The van der Waals surface area contributed by atoms with Crippen LogP contribution in [0.3, 0.4) is 0 Å². The quantitative estimate of drug-likeness (QED) is 0.0242. The number of ether oxygens (including phenoxy) is 1. The Hall–Kier alpha value is -8.30. The number of aryl methyl sites for hydroxylation is 1. The van der Waals surface area contributed by atoms with E-state index in [4.69, 9.17) is 16.3 Å². The van der Waals surface area contributed by atoms with Gasteiger partial charge >= 0.3 is 0 Å². The molecular weight excluding hydrogens is 1370 g/mol. The van der Waals surface area contributed by atoms with Gasteiger partial charge in [-0.3, -0.25) is 39.1 Å². The van der Waals surface area contributed by atoms with E-state index in [0.29, 0.717) is 48.5 Å². The number of nitro benzene ring substituents is 1. The third-order valence-electron chi connectivity index (χ3n) is 21.3. The molecule has 2 aliphatic carbocycles. The van der Waals surface area contributed by atoms with Crippen LogP contribution in [0.1, 0.15) is 139 Å². The minimum absolute atomic E-state index is 0.00953. The number of benzene rings is 4. The van der Waals surface area contributed by atoms with Gasteiger partial charge in [-0.15, -0.1) is 11.3 Å². The molecule has 3 aliphatic heterocycles. The van der Waals surface area contributed by atoms with Crippen molar-refractivity contribution in [1.29, 1.82) is 0 Å². The standard InChI is InChI=1S/C77H96ClN13O10S2/c1-49(52-12-14-54(15-13-52)70-50(2)82-48-102-70)83-74(95)67-41-60(92)47-90(67)75(96)71(76(3,4)5)84-69(93)9-8-30-86-31-35-88(36-32-86)58-20-10-51(11-21-58)44-80-65-25-23-62(42-66(65)91(97)98)103(99,100)85-73(94)63-24-22-59(40-68(63)101-61-39-55-27-29-79-72(55)81-45-61)89-37-33-87(34-38-89)46-56-26-28-77(6,7)43-64(56)53-16-18-57(78)19-17-53/h12-19,22-25,27,29,39-40,42,45,48-49,51,58,60,67,71,80,92H,8-11,20-21,26,28,30-38,41,43-44,46-47H2,1-7H3,(H,79,81)(H,83,95)(H,84,93)(H,85,94)/t49-,51?,58?,60+,67-,71+/m0/s1. The molecule has 0 unspecified atom stereocenters. The molecule has 6 N–H and O–H groups in total. The molecule has 26 heteroatoms. The summed E-state index contributed by atoms with van der Waals surface area (Å²) in [5.74, 6) is -1.31. The monoisotopic (exact) mass is 1460 g/mol. The first-order valence-corrected chi connectivity index (χ1v) is 38.8. The molecule has 548 valence electrons. The molecule has 3 saturated heterocycles. The van der Waals surface area contributed by atoms with Gasteiger partial charge in [0, 0.05) is 125 Å². The highest BCUT2D eigenvalue weighted by Gasteiger charge is 2.45. The second-order valence-electron chi connectivity index (χ2n) is 30.4. The summed E-state index contributed by atoms with van der Waals surface area (Å²) in [7, 11) is -4.65. The second kappa shape index (κ2) is 32.0. The molecule has 4 amide bonds. The molecule has 7 aromatic rings. The summed E-state index contributed by atoms with van der Waals surface area (Å²) in [5, 5.41) is 34.2. The molecular formula is C77H96ClN13O10S2. The number of hydrogen-bond donors (Lipinski definition) is 6. The summed E-state index contributed by atoms with van der Waals surface area (Å²) in [6.45, 7) is 22.6. The Kier molecular flexibility index (Phi) is 23.1. The highest BCUT2D eigenvalue weighted by atomic mass is 35.5. The average molecular weight is 1460 g/mol. The van der Waals surface area contributed by atoms with Crippen LogP contribution in [0.15, 0.2) is 125 Å². The lowest BCUT2D eigenvalue weighted by molar-refractivity contribution is -0.384. The number of aromatic nitrogens is 3. The summed E-state index contributed by atoms with van der Waals surface area (Å²) in [6.07, 6.45) is 10.2. The molecule has 0 spiro atoms. The van der Waals surface area contributed by atoms with E-state index in [1.165, 1.54) is 39.9 Å². The summed E-state index contributed by atoms with van der Waals surface area (Å²) in [4.78, 5) is 91.6. The number of carbonyl (C=O) groups is 4. The minimum Gasteiger partial charge on any atom is -0.455 e. The van der Waals surface area contributed by atoms with E-state index in [1.54, 1.807) is 41.8 Å². The number of nitrogens with one attached hydrogen (secondary N) is 5. The van der Waals surface area contributed by atoms with Crippen molar-refractivity contribution in [2.75, 3.05) is 88.8 Å². The number of nitro groups is 1. The lowest BCUT2D eigenvalue weighted by Gasteiger charge is -2.42. The zero-order valence-corrected chi connectivity index (χ0v) is 62.3. The number of carbonyl (C=O) groups excluding carboxylic acids is 4. The van der Waals surface area contributed by atoms with Crippen molar-refractivity contribution >= 4 is 90.3 Å². The summed E-state index contributed by atoms with van der Waals surface area (Å²) in [6, 6.07) is 26.6. The number of H-pyrrole nitrogens is 1. The number of hydrogen-bond acceptors (Lipinski definition) is 18. The largest absolute Gasteiger partial charge is 0.455 e. The second-order valence-corrected chi connectivity index (χ2v) is 33.3. The Labute approximate surface area is 612 Å². The number of allylic oxidation sites excluding steroid dienone is 1. The molecule has 1 saturated carbocycles. The number of β-amino-alcohol motifs (C(OH)–C–C–N with tert-alkyl or cyclic N) is 1. The van der Waals surface area contributed by atoms with Crippen molar-refractivity contribution in [2.45, 2.75) is 148 Å². The number of halogens is 1. The summed E-state index contributed by atoms with van der Waals surface area (Å²) in [5.41, 5.74) is 9.43. The van der Waals surface area contributed by atoms with Gasteiger partial charge in [0.25, 0.3) is 21.6 Å². The molecule has 6 heterocycles. The van der Waals surface area contributed by atoms with E-state index in [2.05, 4.69) is 81.2 Å². The molecule has 3 aromatic heterocycles. The van der Waals surface area contributed by atoms with Gasteiger partial charge in [-0.25, -0.2) is 23.1 Å². The molecule has 0 radical (unpaired) electrons. The maximum Gasteiger partial charge on any atom is 0.293 e. The third kappa shape index (κ3) is 18.3. The van der Waals surface area contributed by atoms with Crippen LogP contribution in [0.4, 0.5) is 17.1 Å². The number of anilines is 2. The van der Waals surface area contributed by atoms with Crippen LogP contribution in [0, 0.1) is 33.8 Å². The number of nitrogens with zero attached hydrogens (tertiary/aromatic N) is 8. The molecule has 0 bridgehead atoms. The highest BCUT2D eigenvalue weighted by molar-refractivity contribution is 7.90. The fourth-order valence-electron chi connectivity index (χ4n) is 15.2. The first kappa shape index (κ1) is 74.4. The van der Waals surface area contributed by atoms with Gasteiger partial charge in [0.1, 0.15) is 34.9 Å². The van der Waals surface area contributed by atoms with Crippen LogP contribution in [-0.2, 0) is 24.4 Å². The minimum atomic E-state index is -4.65. The van der Waals surface area contributed by atoms with E-state index in [-0.39, 0.29) is 65.6 Å². The van der Waals surface area contributed by atoms with E-state index >= 15 is 0 Å². The van der Waals surface area contributed by atoms with Crippen molar-refractivity contribution in [1.82, 2.24) is 49.9 Å². The zero-order valence-electron chi connectivity index (χ0n) is 59.9. The van der Waals surface area contributed by atoms with Crippen LogP contribution < -0.4 is 30.3 Å². The van der Waals surface area contributed by atoms with Gasteiger partial charge in [-0.2, -0.15) is 0 Å². The van der Waals surface area contributed by atoms with Crippen LogP contribution >= 0.6 is 22.9 Å². The Bertz CT molecular complexity index is 4360. The Morgan fingerprint density at radius 3 is 2.29 bits per heavy atom. The number of thiazole rings is 1. The predicted octanol–water partition coefficient (Wildman–Crippen LogP) is 12.0. The lowest BCUT2D eigenvalue weighted by atomic mass is 9.72. The maximum atomic E-state index is 14.3. The van der Waals surface area contributed by atoms with Gasteiger partial charge in [0.15, 0.2) is 0 Å². The Balaban J connectivity index is 0.595. The number of rotatable bonds is 24. The predicted molar refractivity (Wildman–Crippen MR) is 403 cm³/mol. The van der Waals surface area contributed by atoms with Gasteiger partial charge < -0.3 is 45.5 Å². The first-order chi connectivity index (χ1) is 49.2. The van der Waals surface area contributed by atoms with Crippen molar-refractivity contribution in [2.24, 2.45) is 16.7 Å². The molecule has 12 rings (SSSR count). The number of piperazine rings is 2. The molecule has 103 heavy (non-hydrogen) atoms. The smallest absolute Gasteiger partial charge is 0.293 e. The van der Waals surface area contributed by atoms with Gasteiger partial charge in [-0.1, -0.05) is 88.2 Å². The van der Waals surface area contributed by atoms with Crippen molar-refractivity contribution in [3.05, 3.63) is 158 Å². The first-order valence-electron chi connectivity index (χ1n) is 36.0. The number of fused-ring (bicyclic) bond motifs is 1. The SMILES string of the molecule is Cc1ncsc1-c1ccc([C@H](C)NC(=O)[C@@H]2C[C@@H](O)CN2C(=O)[C@@H](NC(=O)CCCN2CCN(C3CCC(CNc4ccc(S(=O)(=O)NC(=O)c5ccc(N6CCN(CC7=C(c8ccc(Cl)cc8)CC(C)(C)CC7)CC6)cc5Oc5cnc6[nH]ccc6c5)cc4[N+](=O)[O-])CC3)CC2)C(C)(C)C)cc1. The van der Waals surface area contributed by atoms with Crippen LogP contribution in [0.25, 0.3) is 27.0 Å². The number of aromatic amines is 1. The Morgan fingerprint density at radius 1 is 0.874 bits per heavy atom. The van der Waals surface area contributed by atoms with Crippen LogP contribution in [0.5, 0.6) is 11.5 Å². The molecule has 4 atom stereocenters. The van der Waals surface area contributed by atoms with Crippen molar-refractivity contribution in [3.8, 4) is 21.9 Å². The number of pyridine rings is 1. The maximum absolute atomic E-state index is 14.3. The number of amides is 4. The van der Waals surface area contributed by atoms with Gasteiger partial charge in [0.2, 0.25) is 17.7 Å². The van der Waals surface area contributed by atoms with Gasteiger partial charge in [-0.05, 0) is 159 Å². The number of aliphatic hydroxyl groups is 1. The van der Waals surface area contributed by atoms with E-state index in [1.807, 2.05) is 82.6 Å². The number of sulfonamides is 1. The third-order valence-corrected chi connectivity index (χ3v) is 23.9. The fraction of sp³-hybridized carbons (Fsp3) is 0.481. The fourth-order valence-corrected chi connectivity index (χ4v) is 17.2. The number of aliphatic hydroxyl groups excluding tert-OH is 1. The summed E-state index contributed by atoms with van der Waals surface area (Å²) >= 11 is 7.86. The molecule has 4 fully saturated rings. The molecule has 23 nitrogen and oxygen atoms in total. The normalized spacial score (nSPS) is 20.7. The zero-order chi connectivity index (χ0) is 72.9. The molecule has 4 aromatic carbocycles. The highest BCUT2D eigenvalue weighted by Crippen LogP contribution is 2.44. The molecule has 5 aliphatic rings. The van der Waals surface area contributed by atoms with Crippen molar-refractivity contribution < 1.29 is 42.4 Å². The van der Waals surface area contributed by atoms with Crippen LogP contribution in [0.2, 0.25) is 5.02 Å². The van der Waals surface area contributed by atoms with Crippen molar-refractivity contribution in [3.63, 3.8) is 0 Å². The number of likely N-dealkylation sites (tertiary alicyclic amines) is 1. The summed E-state index contributed by atoms with van der Waals surface area (Å²) < 4.78 is 36.8. The van der Waals surface area contributed by atoms with E-state index in [9.17, 15) is 42.8 Å². The Morgan fingerprint density at radius 2 is 1.59 bits per heavy atom. The van der Waals surface area contributed by atoms with E-state index in [0.717, 1.165) is 136 Å². The lowest BCUT2D eigenvalue weighted by Crippen LogP contribution is -2.57.